The number of hydrogen-bond donors (Lipinski definition) is 0. The molecule has 10 heavy (non-hydrogen) atoms. The first-order valence-electron chi connectivity index (χ1n) is 4.39. The lowest BCUT2D eigenvalue weighted by Gasteiger charge is -2.16. The molecule has 1 heterocycles. The second-order valence-electron chi connectivity index (χ2n) is 3.38. The summed E-state index contributed by atoms with van der Waals surface area (Å²) in [5, 5.41) is 0. The number of ether oxygens (including phenoxy) is 1. The van der Waals surface area contributed by atoms with Crippen molar-refractivity contribution in [2.75, 3.05) is 13.2 Å². The molecule has 1 saturated carbocycles. The highest BCUT2D eigenvalue weighted by Crippen LogP contribution is 2.56. The van der Waals surface area contributed by atoms with Crippen molar-refractivity contribution in [2.45, 2.75) is 33.6 Å². The summed E-state index contributed by atoms with van der Waals surface area (Å²) in [6.45, 7) is 8.42. The first-order chi connectivity index (χ1) is 4.81. The first kappa shape index (κ1) is 8.06. The van der Waals surface area contributed by atoms with Crippen LogP contribution in [0.2, 0.25) is 0 Å². The molecule has 2 rings (SSSR count). The molecule has 0 N–H and O–H groups in total. The van der Waals surface area contributed by atoms with Crippen LogP contribution in [0.15, 0.2) is 0 Å². The van der Waals surface area contributed by atoms with E-state index in [-0.39, 0.29) is 0 Å². The molecule has 0 aromatic rings. The minimum absolute atomic E-state index is 0.720. The van der Waals surface area contributed by atoms with Crippen molar-refractivity contribution in [1.82, 2.24) is 0 Å². The normalized spacial score (nSPS) is 42.9. The molecule has 0 bridgehead atoms. The minimum atomic E-state index is 0.720. The monoisotopic (exact) mass is 142 g/mol. The molecule has 0 aromatic carbocycles. The zero-order chi connectivity index (χ0) is 7.61. The van der Waals surface area contributed by atoms with Crippen molar-refractivity contribution in [3.8, 4) is 0 Å². The second-order valence-corrected chi connectivity index (χ2v) is 3.38. The fraction of sp³-hybridized carbons (Fsp3) is 1.00. The van der Waals surface area contributed by atoms with Gasteiger partial charge in [-0.3, -0.25) is 0 Å². The standard InChI is InChI=1S/C7H12O.C2H6/c1-7-2-3-8-5-6(7)4-7;1-2/h6H,2-5H2,1H3;1-2H3/t6?,7-;/m1./s1. The lowest BCUT2D eigenvalue weighted by molar-refractivity contribution is 0.0667. The van der Waals surface area contributed by atoms with Gasteiger partial charge in [-0.2, -0.15) is 0 Å². The molecule has 1 heteroatoms. The molecule has 0 amide bonds. The molecule has 1 unspecified atom stereocenters. The summed E-state index contributed by atoms with van der Waals surface area (Å²) in [5.41, 5.74) is 0.720. The quantitative estimate of drug-likeness (QED) is 0.505. The Morgan fingerprint density at radius 2 is 2.10 bits per heavy atom. The number of rotatable bonds is 0. The Kier molecular flexibility index (Phi) is 2.35. The minimum Gasteiger partial charge on any atom is -0.381 e. The summed E-state index contributed by atoms with van der Waals surface area (Å²) in [7, 11) is 0. The van der Waals surface area contributed by atoms with Gasteiger partial charge in [-0.25, -0.2) is 0 Å². The Labute approximate surface area is 63.8 Å². The summed E-state index contributed by atoms with van der Waals surface area (Å²) < 4.78 is 5.29. The van der Waals surface area contributed by atoms with Gasteiger partial charge in [0, 0.05) is 13.2 Å². The van der Waals surface area contributed by atoms with Crippen molar-refractivity contribution >= 4 is 0 Å². The molecule has 0 radical (unpaired) electrons. The van der Waals surface area contributed by atoms with Gasteiger partial charge in [0.15, 0.2) is 0 Å². The fourth-order valence-electron chi connectivity index (χ4n) is 1.60. The molecule has 2 fully saturated rings. The molecule has 1 saturated heterocycles. The van der Waals surface area contributed by atoms with Crippen LogP contribution in [0.3, 0.4) is 0 Å². The molecule has 0 aromatic heterocycles. The van der Waals surface area contributed by atoms with Crippen LogP contribution in [0, 0.1) is 11.3 Å². The maximum atomic E-state index is 5.29. The highest BCUT2D eigenvalue weighted by molar-refractivity contribution is 5.00. The first-order valence-corrected chi connectivity index (χ1v) is 4.39. The Hall–Kier alpha value is -0.0400. The van der Waals surface area contributed by atoms with Crippen LogP contribution in [-0.4, -0.2) is 13.2 Å². The third-order valence-electron chi connectivity index (χ3n) is 2.67. The van der Waals surface area contributed by atoms with Crippen LogP contribution in [0.4, 0.5) is 0 Å². The lowest BCUT2D eigenvalue weighted by atomic mass is 10.0. The maximum absolute atomic E-state index is 5.29. The maximum Gasteiger partial charge on any atom is 0.0499 e. The van der Waals surface area contributed by atoms with E-state index in [4.69, 9.17) is 4.74 Å². The molecule has 1 aliphatic heterocycles. The molecule has 1 aliphatic carbocycles. The third-order valence-corrected chi connectivity index (χ3v) is 2.67. The van der Waals surface area contributed by atoms with Crippen LogP contribution in [0.25, 0.3) is 0 Å². The summed E-state index contributed by atoms with van der Waals surface area (Å²) in [5.74, 6) is 0.927. The van der Waals surface area contributed by atoms with Crippen molar-refractivity contribution < 1.29 is 4.74 Å². The molecule has 60 valence electrons. The molecular formula is C9H18O. The second kappa shape index (κ2) is 2.91. The summed E-state index contributed by atoms with van der Waals surface area (Å²) in [6, 6.07) is 0. The van der Waals surface area contributed by atoms with Gasteiger partial charge >= 0.3 is 0 Å². The van der Waals surface area contributed by atoms with E-state index in [0.29, 0.717) is 0 Å². The van der Waals surface area contributed by atoms with Crippen LogP contribution in [0.1, 0.15) is 33.6 Å². The zero-order valence-electron chi connectivity index (χ0n) is 7.31. The van der Waals surface area contributed by atoms with Crippen LogP contribution >= 0.6 is 0 Å². The average Bonchev–Trinajstić information content (AvgIpc) is 2.64. The number of hydrogen-bond acceptors (Lipinski definition) is 1. The van der Waals surface area contributed by atoms with E-state index in [9.17, 15) is 0 Å². The van der Waals surface area contributed by atoms with Gasteiger partial charge < -0.3 is 4.74 Å². The van der Waals surface area contributed by atoms with E-state index in [2.05, 4.69) is 6.92 Å². The molecule has 0 spiro atoms. The predicted molar refractivity (Wildman–Crippen MR) is 43.0 cm³/mol. The summed E-state index contributed by atoms with van der Waals surface area (Å²) in [6.07, 6.45) is 2.73. The van der Waals surface area contributed by atoms with Gasteiger partial charge in [-0.05, 0) is 24.2 Å². The molecular weight excluding hydrogens is 124 g/mol. The summed E-state index contributed by atoms with van der Waals surface area (Å²) in [4.78, 5) is 0. The van der Waals surface area contributed by atoms with E-state index >= 15 is 0 Å². The average molecular weight is 142 g/mol. The van der Waals surface area contributed by atoms with E-state index in [1.165, 1.54) is 12.8 Å². The van der Waals surface area contributed by atoms with Gasteiger partial charge in [-0.1, -0.05) is 20.8 Å². The van der Waals surface area contributed by atoms with Crippen molar-refractivity contribution in [2.24, 2.45) is 11.3 Å². The van der Waals surface area contributed by atoms with Crippen LogP contribution in [-0.2, 0) is 4.74 Å². The fourth-order valence-corrected chi connectivity index (χ4v) is 1.60. The van der Waals surface area contributed by atoms with E-state index in [1.54, 1.807) is 0 Å². The highest BCUT2D eigenvalue weighted by atomic mass is 16.5. The van der Waals surface area contributed by atoms with Crippen molar-refractivity contribution in [3.63, 3.8) is 0 Å². The Balaban J connectivity index is 0.000000231. The largest absolute Gasteiger partial charge is 0.381 e. The Morgan fingerprint density at radius 3 is 2.50 bits per heavy atom. The topological polar surface area (TPSA) is 9.23 Å². The van der Waals surface area contributed by atoms with Gasteiger partial charge in [-0.15, -0.1) is 0 Å². The predicted octanol–water partition coefficient (Wildman–Crippen LogP) is 2.46. The highest BCUT2D eigenvalue weighted by Gasteiger charge is 2.51. The van der Waals surface area contributed by atoms with Crippen molar-refractivity contribution in [3.05, 3.63) is 0 Å². The van der Waals surface area contributed by atoms with E-state index < -0.39 is 0 Å². The zero-order valence-corrected chi connectivity index (χ0v) is 7.31. The van der Waals surface area contributed by atoms with Gasteiger partial charge in [0.05, 0.1) is 0 Å². The molecule has 2 aliphatic rings. The SMILES string of the molecule is CC.C[C@]12CCOCC1C2. The van der Waals surface area contributed by atoms with Crippen molar-refractivity contribution in [1.29, 1.82) is 0 Å². The van der Waals surface area contributed by atoms with Crippen LogP contribution in [0.5, 0.6) is 0 Å². The summed E-state index contributed by atoms with van der Waals surface area (Å²) >= 11 is 0. The lowest BCUT2D eigenvalue weighted by Crippen LogP contribution is -2.14. The van der Waals surface area contributed by atoms with Gasteiger partial charge in [0.2, 0.25) is 0 Å². The Morgan fingerprint density at radius 1 is 1.40 bits per heavy atom. The smallest absolute Gasteiger partial charge is 0.0499 e. The third kappa shape index (κ3) is 1.34. The molecule has 1 nitrogen and oxygen atoms in total. The van der Waals surface area contributed by atoms with Gasteiger partial charge in [0.25, 0.3) is 0 Å². The van der Waals surface area contributed by atoms with E-state index in [0.717, 1.165) is 24.5 Å². The van der Waals surface area contributed by atoms with Gasteiger partial charge in [0.1, 0.15) is 0 Å². The number of fused-ring (bicyclic) bond motifs is 1. The Bertz CT molecular complexity index is 109. The van der Waals surface area contributed by atoms with Crippen LogP contribution < -0.4 is 0 Å². The van der Waals surface area contributed by atoms with E-state index in [1.807, 2.05) is 13.8 Å². The molecule has 2 atom stereocenters.